The van der Waals surface area contributed by atoms with Crippen molar-refractivity contribution in [1.82, 2.24) is 15.0 Å². The van der Waals surface area contributed by atoms with Gasteiger partial charge in [-0.15, -0.1) is 18.2 Å². The summed E-state index contributed by atoms with van der Waals surface area (Å²) in [6, 6.07) is 50.9. The first-order valence-corrected chi connectivity index (χ1v) is 27.2. The number of benzene rings is 5. The minimum atomic E-state index is -1.85. The topological polar surface area (TPSA) is 51.8 Å². The van der Waals surface area contributed by atoms with Gasteiger partial charge in [0.05, 0.1) is 5.58 Å². The summed E-state index contributed by atoms with van der Waals surface area (Å²) in [5.74, 6) is 7.23. The molecular weight excluding hydrogens is 959 g/mol. The molecule has 0 saturated carbocycles. The Hall–Kier alpha value is -5.46. The number of aryl methyl sites for hydroxylation is 5. The van der Waals surface area contributed by atoms with Gasteiger partial charge < -0.3 is 9.40 Å². The fourth-order valence-corrected chi connectivity index (χ4v) is 11.5. The number of hydrogen-bond donors (Lipinski definition) is 0. The quantitative estimate of drug-likeness (QED) is 0.123. The normalized spacial score (nSPS) is 11.3. The molecule has 1 radical (unpaired) electrons. The predicted molar refractivity (Wildman–Crippen MR) is 245 cm³/mol. The Morgan fingerprint density at radius 1 is 0.542 bits per heavy atom. The van der Waals surface area contributed by atoms with Crippen molar-refractivity contribution in [1.29, 1.82) is 0 Å². The van der Waals surface area contributed by atoms with Gasteiger partial charge in [-0.25, -0.2) is 0 Å². The Bertz CT molecular complexity index is 2910. The number of rotatable bonds is 6. The average molecular weight is 1010 g/mol. The third-order valence-electron chi connectivity index (χ3n) is 10.7. The standard InChI is InChI=1S/C31H23N2O.C22H24GeN.Ir/c1-19-14-29(32-18-28(19)22-8-5-4-6-9-22)27-11-7-10-26-25-13-12-23(17-30(25)34-31(26)27)24-15-20(2)33-21(3)16-24;1-16-13-19(11-12-20(16)18-9-7-6-8-10-18)22-14-17(2)21(15-24-22)23(3,4)5;/h4-10,12-18H,1-3H3;6-10,12-15H,1-5H3;/q2*-1;. The van der Waals surface area contributed by atoms with Crippen molar-refractivity contribution in [2.24, 2.45) is 0 Å². The summed E-state index contributed by atoms with van der Waals surface area (Å²) in [5.41, 5.74) is 18.4. The number of hydrogen-bond acceptors (Lipinski definition) is 4. The summed E-state index contributed by atoms with van der Waals surface area (Å²) in [4.78, 5) is 14.0. The van der Waals surface area contributed by atoms with Crippen LogP contribution in [0.5, 0.6) is 0 Å². The van der Waals surface area contributed by atoms with Crippen molar-refractivity contribution >= 4 is 39.6 Å². The fraction of sp³-hybridized carbons (Fsp3) is 0.151. The zero-order valence-corrected chi connectivity index (χ0v) is 39.4. The van der Waals surface area contributed by atoms with E-state index in [9.17, 15) is 0 Å². The van der Waals surface area contributed by atoms with Crippen LogP contribution in [0.15, 0.2) is 144 Å². The molecule has 0 unspecified atom stereocenters. The second-order valence-corrected chi connectivity index (χ2v) is 26.8. The molecule has 59 heavy (non-hydrogen) atoms. The van der Waals surface area contributed by atoms with Gasteiger partial charge in [-0.1, -0.05) is 59.5 Å². The first kappa shape index (κ1) is 41.7. The summed E-state index contributed by atoms with van der Waals surface area (Å²) >= 11 is -1.85. The van der Waals surface area contributed by atoms with E-state index in [1.54, 1.807) is 0 Å². The maximum absolute atomic E-state index is 6.43. The molecule has 0 aliphatic heterocycles. The third-order valence-corrected chi connectivity index (χ3v) is 15.2. The van der Waals surface area contributed by atoms with E-state index in [4.69, 9.17) is 14.4 Å². The van der Waals surface area contributed by atoms with E-state index < -0.39 is 13.3 Å². The molecule has 0 atom stereocenters. The molecule has 0 aliphatic carbocycles. The van der Waals surface area contributed by atoms with Crippen molar-refractivity contribution in [3.8, 4) is 55.9 Å². The number of fused-ring (bicyclic) bond motifs is 3. The number of furan rings is 1. The van der Waals surface area contributed by atoms with Gasteiger partial charge in [0.15, 0.2) is 0 Å². The van der Waals surface area contributed by atoms with Gasteiger partial charge in [-0.3, -0.25) is 4.98 Å². The Morgan fingerprint density at radius 2 is 1.17 bits per heavy atom. The zero-order chi connectivity index (χ0) is 40.6. The second-order valence-electron chi connectivity index (χ2n) is 16.2. The van der Waals surface area contributed by atoms with Crippen LogP contribution in [0, 0.1) is 46.8 Å². The molecule has 9 rings (SSSR count). The number of pyridine rings is 3. The molecule has 0 saturated heterocycles. The first-order chi connectivity index (χ1) is 27.9. The molecular formula is C53H47GeIrN3O-2. The van der Waals surface area contributed by atoms with Crippen molar-refractivity contribution < 1.29 is 24.5 Å². The van der Waals surface area contributed by atoms with Crippen LogP contribution in [-0.4, -0.2) is 28.2 Å². The molecule has 0 fully saturated rings. The van der Waals surface area contributed by atoms with E-state index in [1.807, 2.05) is 38.2 Å². The maximum atomic E-state index is 6.43. The summed E-state index contributed by atoms with van der Waals surface area (Å²) in [7, 11) is 0. The van der Waals surface area contributed by atoms with Gasteiger partial charge in [0.2, 0.25) is 0 Å². The molecule has 9 aromatic rings. The van der Waals surface area contributed by atoms with Gasteiger partial charge in [-0.05, 0) is 66.9 Å². The number of nitrogens with zero attached hydrogens (tertiary/aromatic N) is 3. The average Bonchev–Trinajstić information content (AvgIpc) is 3.59. The first-order valence-electron chi connectivity index (χ1n) is 19.8. The molecule has 4 nitrogen and oxygen atoms in total. The van der Waals surface area contributed by atoms with Gasteiger partial charge in [0, 0.05) is 48.6 Å². The SMILES string of the molecule is Cc1cc(-c2cc(C)[c]([Ge]([CH3])([CH3])[CH3])cn2)[c-]cc1-c1ccccc1.Cc1cc(-c2ccc3c(c2)oc2c(-c4cc(C)c(-c5ccccc5)cn4)[c-]ccc23)cc(C)n1.[Ir]. The van der Waals surface area contributed by atoms with Crippen LogP contribution in [0.2, 0.25) is 17.3 Å². The second kappa shape index (κ2) is 17.4. The van der Waals surface area contributed by atoms with Crippen LogP contribution in [0.3, 0.4) is 0 Å². The largest absolute Gasteiger partial charge is 0.501 e. The van der Waals surface area contributed by atoms with Crippen LogP contribution < -0.4 is 4.40 Å². The summed E-state index contributed by atoms with van der Waals surface area (Å²) in [6.07, 6.45) is 4.04. The minimum absolute atomic E-state index is 0. The van der Waals surface area contributed by atoms with Crippen molar-refractivity contribution in [2.75, 3.05) is 0 Å². The van der Waals surface area contributed by atoms with E-state index in [-0.39, 0.29) is 20.1 Å². The minimum Gasteiger partial charge on any atom is -0.501 e. The molecule has 4 heterocycles. The zero-order valence-electron chi connectivity index (χ0n) is 34.9. The van der Waals surface area contributed by atoms with Crippen molar-refractivity contribution in [3.63, 3.8) is 0 Å². The Balaban J connectivity index is 0.000000187. The summed E-state index contributed by atoms with van der Waals surface area (Å²) in [5, 5.41) is 2.16. The predicted octanol–water partition coefficient (Wildman–Crippen LogP) is 13.5. The van der Waals surface area contributed by atoms with Crippen LogP contribution in [0.1, 0.15) is 28.1 Å². The van der Waals surface area contributed by atoms with Gasteiger partial charge in [0.1, 0.15) is 5.58 Å². The van der Waals surface area contributed by atoms with Gasteiger partial charge in [-0.2, -0.15) is 0 Å². The smallest absolute Gasteiger partial charge is 0.121 e. The molecule has 0 amide bonds. The van der Waals surface area contributed by atoms with E-state index in [0.29, 0.717) is 0 Å². The molecule has 5 aromatic carbocycles. The van der Waals surface area contributed by atoms with Crippen molar-refractivity contribution in [3.05, 3.63) is 180 Å². The van der Waals surface area contributed by atoms with E-state index >= 15 is 0 Å². The molecule has 6 heteroatoms. The van der Waals surface area contributed by atoms with E-state index in [2.05, 4.69) is 171 Å². The van der Waals surface area contributed by atoms with Gasteiger partial charge >= 0.3 is 148 Å². The van der Waals surface area contributed by atoms with E-state index in [0.717, 1.165) is 72.5 Å². The third kappa shape index (κ3) is 8.94. The molecule has 0 spiro atoms. The van der Waals surface area contributed by atoms with Crippen LogP contribution in [0.25, 0.3) is 77.8 Å². The number of aromatic nitrogens is 3. The van der Waals surface area contributed by atoms with Gasteiger partial charge in [0.25, 0.3) is 0 Å². The molecule has 4 aromatic heterocycles. The Kier molecular flexibility index (Phi) is 12.3. The summed E-state index contributed by atoms with van der Waals surface area (Å²) in [6.45, 7) is 10.5. The Labute approximate surface area is 364 Å². The monoisotopic (exact) mass is 1010 g/mol. The van der Waals surface area contributed by atoms with Crippen molar-refractivity contribution in [2.45, 2.75) is 51.9 Å². The molecule has 0 aliphatic rings. The molecule has 0 N–H and O–H groups in total. The van der Waals surface area contributed by atoms with E-state index in [1.165, 1.54) is 37.8 Å². The Morgan fingerprint density at radius 3 is 1.80 bits per heavy atom. The fourth-order valence-electron chi connectivity index (χ4n) is 7.89. The van der Waals surface area contributed by atoms with Crippen LogP contribution in [-0.2, 0) is 20.1 Å². The van der Waals surface area contributed by atoms with Crippen LogP contribution in [0.4, 0.5) is 0 Å². The molecule has 0 bridgehead atoms. The van der Waals surface area contributed by atoms with Crippen LogP contribution >= 0.6 is 0 Å². The summed E-state index contributed by atoms with van der Waals surface area (Å²) < 4.78 is 7.91. The maximum Gasteiger partial charge on any atom is 0.121 e. The molecule has 295 valence electrons.